The largest absolute Gasteiger partial charge is 0.481 e. The zero-order chi connectivity index (χ0) is 12.0. The van der Waals surface area contributed by atoms with Gasteiger partial charge in [0, 0.05) is 11.6 Å². The molecule has 0 saturated heterocycles. The number of hydrogen-bond donors (Lipinski definition) is 2. The summed E-state index contributed by atoms with van der Waals surface area (Å²) in [6, 6.07) is 8.72. The number of Topliss-reactive ketones (excluding diaryl/α,β-unsaturated/α-hetero) is 1. The van der Waals surface area contributed by atoms with E-state index in [-0.39, 0.29) is 24.8 Å². The van der Waals surface area contributed by atoms with E-state index in [4.69, 9.17) is 5.11 Å². The summed E-state index contributed by atoms with van der Waals surface area (Å²) in [5.74, 6) is -0.898. The van der Waals surface area contributed by atoms with Crippen molar-refractivity contribution in [1.82, 2.24) is 5.32 Å². The summed E-state index contributed by atoms with van der Waals surface area (Å²) in [6.45, 7) is 1.91. The number of carbonyl (C=O) groups excluding carboxylic acids is 1. The number of aliphatic carboxylic acids is 1. The lowest BCUT2D eigenvalue weighted by molar-refractivity contribution is -0.137. The van der Waals surface area contributed by atoms with Crippen LogP contribution in [-0.4, -0.2) is 29.4 Å². The molecule has 4 heteroatoms. The molecule has 0 aliphatic rings. The van der Waals surface area contributed by atoms with Gasteiger partial charge in [0.1, 0.15) is 0 Å². The van der Waals surface area contributed by atoms with Crippen LogP contribution in [0.2, 0.25) is 0 Å². The van der Waals surface area contributed by atoms with Crippen molar-refractivity contribution in [3.63, 3.8) is 0 Å². The first-order valence-corrected chi connectivity index (χ1v) is 5.13. The fraction of sp³-hybridized carbons (Fsp3) is 0.333. The summed E-state index contributed by atoms with van der Waals surface area (Å²) in [5.41, 5.74) is 0.637. The average Bonchev–Trinajstić information content (AvgIpc) is 2.26. The molecule has 0 bridgehead atoms. The van der Waals surface area contributed by atoms with Crippen molar-refractivity contribution in [3.05, 3.63) is 35.9 Å². The lowest BCUT2D eigenvalue weighted by Crippen LogP contribution is -2.33. The van der Waals surface area contributed by atoms with Crippen LogP contribution in [0.4, 0.5) is 0 Å². The van der Waals surface area contributed by atoms with Gasteiger partial charge in [-0.1, -0.05) is 30.3 Å². The van der Waals surface area contributed by atoms with Crippen molar-refractivity contribution in [2.24, 2.45) is 0 Å². The molecule has 86 valence electrons. The van der Waals surface area contributed by atoms with Gasteiger partial charge in [0.15, 0.2) is 5.78 Å². The van der Waals surface area contributed by atoms with Gasteiger partial charge < -0.3 is 10.4 Å². The van der Waals surface area contributed by atoms with E-state index in [2.05, 4.69) is 5.32 Å². The molecule has 0 amide bonds. The number of carbonyl (C=O) groups is 2. The van der Waals surface area contributed by atoms with Crippen LogP contribution in [0, 0.1) is 0 Å². The van der Waals surface area contributed by atoms with Crippen LogP contribution in [0.1, 0.15) is 23.7 Å². The van der Waals surface area contributed by atoms with Gasteiger partial charge in [-0.3, -0.25) is 9.59 Å². The topological polar surface area (TPSA) is 66.4 Å². The standard InChI is InChI=1S/C12H15NO3/c1-9(7-12(15)16)13-8-11(14)10-5-3-2-4-6-10/h2-6,9,13H,7-8H2,1H3,(H,15,16)/t9-/m0/s1. The quantitative estimate of drug-likeness (QED) is 0.711. The van der Waals surface area contributed by atoms with Gasteiger partial charge in [0.05, 0.1) is 13.0 Å². The molecule has 0 fully saturated rings. The van der Waals surface area contributed by atoms with E-state index in [1.165, 1.54) is 0 Å². The number of ketones is 1. The smallest absolute Gasteiger partial charge is 0.304 e. The Labute approximate surface area is 94.3 Å². The molecular formula is C12H15NO3. The SMILES string of the molecule is C[C@@H](CC(=O)O)NCC(=O)c1ccccc1. The van der Waals surface area contributed by atoms with Crippen molar-refractivity contribution in [1.29, 1.82) is 0 Å². The van der Waals surface area contributed by atoms with Crippen molar-refractivity contribution < 1.29 is 14.7 Å². The van der Waals surface area contributed by atoms with Gasteiger partial charge in [-0.15, -0.1) is 0 Å². The minimum absolute atomic E-state index is 0.0159. The Kier molecular flexibility index (Phi) is 4.66. The molecule has 2 N–H and O–H groups in total. The van der Waals surface area contributed by atoms with E-state index < -0.39 is 5.97 Å². The third-order valence-corrected chi connectivity index (χ3v) is 2.19. The number of carboxylic acids is 1. The third-order valence-electron chi connectivity index (χ3n) is 2.19. The van der Waals surface area contributed by atoms with Crippen molar-refractivity contribution in [2.45, 2.75) is 19.4 Å². The highest BCUT2D eigenvalue weighted by molar-refractivity contribution is 5.97. The predicted molar refractivity (Wildman–Crippen MR) is 60.5 cm³/mol. The molecule has 0 unspecified atom stereocenters. The Balaban J connectivity index is 2.39. The second-order valence-electron chi connectivity index (χ2n) is 3.67. The van der Waals surface area contributed by atoms with Crippen LogP contribution >= 0.6 is 0 Å². The molecule has 1 aromatic carbocycles. The first-order chi connectivity index (χ1) is 7.59. The Bertz CT molecular complexity index is 362. The Morgan fingerprint density at radius 2 is 1.94 bits per heavy atom. The normalized spacial score (nSPS) is 12.1. The Morgan fingerprint density at radius 1 is 1.31 bits per heavy atom. The fourth-order valence-electron chi connectivity index (χ4n) is 1.33. The van der Waals surface area contributed by atoms with E-state index in [0.717, 1.165) is 0 Å². The minimum atomic E-state index is -0.868. The molecule has 16 heavy (non-hydrogen) atoms. The van der Waals surface area contributed by atoms with Crippen LogP contribution < -0.4 is 5.32 Å². The zero-order valence-electron chi connectivity index (χ0n) is 9.14. The fourth-order valence-corrected chi connectivity index (χ4v) is 1.33. The highest BCUT2D eigenvalue weighted by atomic mass is 16.4. The van der Waals surface area contributed by atoms with Gasteiger partial charge in [-0.05, 0) is 6.92 Å². The summed E-state index contributed by atoms with van der Waals surface area (Å²) in [6.07, 6.45) is 0.0159. The van der Waals surface area contributed by atoms with Gasteiger partial charge in [-0.2, -0.15) is 0 Å². The van der Waals surface area contributed by atoms with Crippen molar-refractivity contribution in [3.8, 4) is 0 Å². The summed E-state index contributed by atoms with van der Waals surface area (Å²) < 4.78 is 0. The molecule has 0 spiro atoms. The highest BCUT2D eigenvalue weighted by Crippen LogP contribution is 1.99. The molecule has 0 saturated carbocycles. The summed E-state index contributed by atoms with van der Waals surface area (Å²) in [7, 11) is 0. The molecule has 4 nitrogen and oxygen atoms in total. The van der Waals surface area contributed by atoms with Crippen LogP contribution in [0.25, 0.3) is 0 Å². The summed E-state index contributed by atoms with van der Waals surface area (Å²) in [5, 5.41) is 11.4. The second-order valence-corrected chi connectivity index (χ2v) is 3.67. The van der Waals surface area contributed by atoms with E-state index >= 15 is 0 Å². The van der Waals surface area contributed by atoms with Gasteiger partial charge in [-0.25, -0.2) is 0 Å². The predicted octanol–water partition coefficient (Wildman–Crippen LogP) is 1.32. The van der Waals surface area contributed by atoms with Gasteiger partial charge >= 0.3 is 5.97 Å². The van der Waals surface area contributed by atoms with Crippen LogP contribution in [-0.2, 0) is 4.79 Å². The first kappa shape index (κ1) is 12.4. The molecule has 0 heterocycles. The molecule has 1 rings (SSSR count). The number of benzene rings is 1. The Morgan fingerprint density at radius 3 is 2.50 bits per heavy atom. The monoisotopic (exact) mass is 221 g/mol. The molecule has 0 aliphatic carbocycles. The van der Waals surface area contributed by atoms with Crippen LogP contribution in [0.3, 0.4) is 0 Å². The number of hydrogen-bond acceptors (Lipinski definition) is 3. The molecular weight excluding hydrogens is 206 g/mol. The van der Waals surface area contributed by atoms with Crippen LogP contribution in [0.15, 0.2) is 30.3 Å². The maximum absolute atomic E-state index is 11.6. The molecule has 1 atom stereocenters. The third kappa shape index (κ3) is 4.23. The van der Waals surface area contributed by atoms with E-state index in [1.54, 1.807) is 31.2 Å². The van der Waals surface area contributed by atoms with Crippen molar-refractivity contribution in [2.75, 3.05) is 6.54 Å². The maximum Gasteiger partial charge on any atom is 0.304 e. The van der Waals surface area contributed by atoms with Crippen molar-refractivity contribution >= 4 is 11.8 Å². The van der Waals surface area contributed by atoms with Crippen LogP contribution in [0.5, 0.6) is 0 Å². The molecule has 1 aromatic rings. The van der Waals surface area contributed by atoms with E-state index in [0.29, 0.717) is 5.56 Å². The van der Waals surface area contributed by atoms with E-state index in [9.17, 15) is 9.59 Å². The lowest BCUT2D eigenvalue weighted by Gasteiger charge is -2.10. The molecule has 0 aromatic heterocycles. The summed E-state index contributed by atoms with van der Waals surface area (Å²) in [4.78, 5) is 22.0. The molecule has 0 radical (unpaired) electrons. The zero-order valence-corrected chi connectivity index (χ0v) is 9.14. The first-order valence-electron chi connectivity index (χ1n) is 5.13. The average molecular weight is 221 g/mol. The molecule has 0 aliphatic heterocycles. The van der Waals surface area contributed by atoms with E-state index in [1.807, 2.05) is 6.07 Å². The minimum Gasteiger partial charge on any atom is -0.481 e. The number of nitrogens with one attached hydrogen (secondary N) is 1. The second kappa shape index (κ2) is 6.02. The number of rotatable bonds is 6. The van der Waals surface area contributed by atoms with Gasteiger partial charge in [0.2, 0.25) is 0 Å². The number of carboxylic acid groups (broad SMARTS) is 1. The Hall–Kier alpha value is -1.68. The van der Waals surface area contributed by atoms with Gasteiger partial charge in [0.25, 0.3) is 0 Å². The highest BCUT2D eigenvalue weighted by Gasteiger charge is 2.09. The summed E-state index contributed by atoms with van der Waals surface area (Å²) >= 11 is 0. The lowest BCUT2D eigenvalue weighted by atomic mass is 10.1. The maximum atomic E-state index is 11.6.